The van der Waals surface area contributed by atoms with Gasteiger partial charge in [-0.25, -0.2) is 0 Å². The Bertz CT molecular complexity index is 56.5. The fraction of sp³-hybridized carbons (Fsp3) is 1.00. The molecule has 0 saturated carbocycles. The molecule has 4 nitrogen and oxygen atoms in total. The molecule has 0 radical (unpaired) electrons. The minimum absolute atomic E-state index is 0.190. The number of nitrogens with one attached hydrogen (secondary N) is 1. The molecule has 0 bridgehead atoms. The van der Waals surface area contributed by atoms with Crippen LogP contribution in [0.1, 0.15) is 0 Å². The minimum Gasteiger partial charge on any atom is -0.391 e. The van der Waals surface area contributed by atoms with Gasteiger partial charge in [-0.2, -0.15) is 0 Å². The van der Waals surface area contributed by atoms with Crippen molar-refractivity contribution in [1.82, 2.24) is 0 Å². The summed E-state index contributed by atoms with van der Waals surface area (Å²) in [6.45, 7) is 3.60. The first kappa shape index (κ1) is 9.84. The van der Waals surface area contributed by atoms with Crippen molar-refractivity contribution in [1.29, 1.82) is 0 Å². The Labute approximate surface area is 61.3 Å². The largest absolute Gasteiger partial charge is 0.391 e. The van der Waals surface area contributed by atoms with Gasteiger partial charge >= 0.3 is 0 Å². The third-order valence-electron chi connectivity index (χ3n) is 1.46. The van der Waals surface area contributed by atoms with Crippen molar-refractivity contribution >= 4 is 0 Å². The number of aliphatic hydroxyl groups excluding tert-OH is 2. The third-order valence-corrected chi connectivity index (χ3v) is 1.46. The van der Waals surface area contributed by atoms with Gasteiger partial charge in [0.2, 0.25) is 0 Å². The lowest BCUT2D eigenvalue weighted by Gasteiger charge is -2.14. The zero-order valence-electron chi connectivity index (χ0n) is 6.34. The van der Waals surface area contributed by atoms with Crippen LogP contribution >= 0.6 is 0 Å². The van der Waals surface area contributed by atoms with Crippen molar-refractivity contribution in [2.45, 2.75) is 0 Å². The van der Waals surface area contributed by atoms with Gasteiger partial charge in [-0.1, -0.05) is 0 Å². The molecular formula is C6H18N2O2+2. The molecule has 10 heavy (non-hydrogen) atoms. The molecule has 0 heterocycles. The van der Waals surface area contributed by atoms with Crippen LogP contribution < -0.4 is 10.6 Å². The van der Waals surface area contributed by atoms with E-state index >= 15 is 0 Å². The third kappa shape index (κ3) is 4.69. The summed E-state index contributed by atoms with van der Waals surface area (Å²) in [5.74, 6) is 0. The molecular weight excluding hydrogens is 132 g/mol. The highest BCUT2D eigenvalue weighted by Crippen LogP contribution is 1.50. The lowest BCUT2D eigenvalue weighted by atomic mass is 10.4. The smallest absolute Gasteiger partial charge is 0.127 e. The Morgan fingerprint density at radius 2 is 1.50 bits per heavy atom. The second-order valence-electron chi connectivity index (χ2n) is 2.30. The first-order valence-electron chi connectivity index (χ1n) is 3.69. The lowest BCUT2D eigenvalue weighted by Crippen LogP contribution is -3.14. The number of quaternary nitrogens is 2. The summed E-state index contributed by atoms with van der Waals surface area (Å²) < 4.78 is 0. The molecule has 0 aromatic carbocycles. The Balaban J connectivity index is 3.30. The molecule has 0 amide bonds. The molecule has 0 aliphatic heterocycles. The predicted molar refractivity (Wildman–Crippen MR) is 37.5 cm³/mol. The van der Waals surface area contributed by atoms with Crippen LogP contribution in [0.3, 0.4) is 0 Å². The van der Waals surface area contributed by atoms with Gasteiger partial charge in [0, 0.05) is 0 Å². The van der Waals surface area contributed by atoms with Crippen LogP contribution in [0.4, 0.5) is 0 Å². The predicted octanol–water partition coefficient (Wildman–Crippen LogP) is -3.90. The van der Waals surface area contributed by atoms with Crippen LogP contribution in [-0.2, 0) is 0 Å². The van der Waals surface area contributed by atoms with Crippen LogP contribution in [0.15, 0.2) is 0 Å². The van der Waals surface area contributed by atoms with Crippen molar-refractivity contribution in [2.24, 2.45) is 0 Å². The zero-order valence-corrected chi connectivity index (χ0v) is 6.34. The average Bonchev–Trinajstić information content (AvgIpc) is 1.90. The molecule has 62 valence electrons. The molecule has 0 aliphatic rings. The maximum atomic E-state index is 8.57. The van der Waals surface area contributed by atoms with Gasteiger partial charge in [0.15, 0.2) is 0 Å². The van der Waals surface area contributed by atoms with Crippen molar-refractivity contribution in [3.63, 3.8) is 0 Å². The van der Waals surface area contributed by atoms with Gasteiger partial charge in [0.1, 0.15) is 26.2 Å². The molecule has 0 spiro atoms. The van der Waals surface area contributed by atoms with Crippen molar-refractivity contribution in [3.05, 3.63) is 0 Å². The van der Waals surface area contributed by atoms with Crippen LogP contribution in [0, 0.1) is 0 Å². The molecule has 0 fully saturated rings. The summed E-state index contributed by atoms with van der Waals surface area (Å²) in [6.07, 6.45) is 0. The van der Waals surface area contributed by atoms with E-state index in [2.05, 4.69) is 5.73 Å². The Hall–Kier alpha value is -0.160. The highest BCUT2D eigenvalue weighted by molar-refractivity contribution is 4.27. The fourth-order valence-corrected chi connectivity index (χ4v) is 0.941. The normalized spacial score (nSPS) is 10.8. The van der Waals surface area contributed by atoms with Crippen molar-refractivity contribution in [2.75, 3.05) is 39.4 Å². The second-order valence-corrected chi connectivity index (χ2v) is 2.30. The first-order valence-corrected chi connectivity index (χ1v) is 3.69. The molecule has 0 unspecified atom stereocenters. The quantitative estimate of drug-likeness (QED) is 0.312. The Kier molecular flexibility index (Phi) is 6.84. The van der Waals surface area contributed by atoms with E-state index in [0.717, 1.165) is 26.2 Å². The molecule has 0 aliphatic carbocycles. The number of hydrogen-bond acceptors (Lipinski definition) is 2. The number of aliphatic hydroxyl groups is 2. The standard InChI is InChI=1S/C6H16N2O2/c7-1-2-8(3-5-9)4-6-10/h9-10H,1-7H2/p+2. The van der Waals surface area contributed by atoms with E-state index in [4.69, 9.17) is 10.2 Å². The van der Waals surface area contributed by atoms with Gasteiger partial charge in [-0.15, -0.1) is 0 Å². The van der Waals surface area contributed by atoms with E-state index in [1.165, 1.54) is 4.90 Å². The van der Waals surface area contributed by atoms with Gasteiger partial charge in [-0.3, -0.25) is 0 Å². The summed E-state index contributed by atoms with van der Waals surface area (Å²) in [5, 5.41) is 17.1. The van der Waals surface area contributed by atoms with E-state index < -0.39 is 0 Å². The summed E-state index contributed by atoms with van der Waals surface area (Å²) in [4.78, 5) is 1.22. The Morgan fingerprint density at radius 1 is 1.00 bits per heavy atom. The Morgan fingerprint density at radius 3 is 1.80 bits per heavy atom. The molecule has 0 aromatic rings. The van der Waals surface area contributed by atoms with Gasteiger partial charge in [0.05, 0.1) is 13.2 Å². The maximum absolute atomic E-state index is 8.57. The van der Waals surface area contributed by atoms with Gasteiger partial charge in [0.25, 0.3) is 0 Å². The van der Waals surface area contributed by atoms with Crippen LogP contribution in [0.25, 0.3) is 0 Å². The van der Waals surface area contributed by atoms with E-state index in [-0.39, 0.29) is 13.2 Å². The molecule has 0 saturated heterocycles. The van der Waals surface area contributed by atoms with E-state index in [1.807, 2.05) is 0 Å². The van der Waals surface area contributed by atoms with Gasteiger partial charge < -0.3 is 20.8 Å². The van der Waals surface area contributed by atoms with Crippen LogP contribution in [0.2, 0.25) is 0 Å². The highest BCUT2D eigenvalue weighted by atomic mass is 16.3. The molecule has 0 atom stereocenters. The van der Waals surface area contributed by atoms with Crippen molar-refractivity contribution < 1.29 is 20.8 Å². The maximum Gasteiger partial charge on any atom is 0.127 e. The summed E-state index contributed by atoms with van der Waals surface area (Å²) in [7, 11) is 0. The average molecular weight is 150 g/mol. The molecule has 6 N–H and O–H groups in total. The second kappa shape index (κ2) is 6.95. The van der Waals surface area contributed by atoms with E-state index in [1.54, 1.807) is 0 Å². The van der Waals surface area contributed by atoms with Gasteiger partial charge in [-0.05, 0) is 0 Å². The molecule has 0 aromatic heterocycles. The lowest BCUT2D eigenvalue weighted by molar-refractivity contribution is -0.905. The SMILES string of the molecule is [NH3+]CC[NH+](CCO)CCO. The summed E-state index contributed by atoms with van der Waals surface area (Å²) >= 11 is 0. The number of hydrogen-bond donors (Lipinski definition) is 4. The monoisotopic (exact) mass is 150 g/mol. The number of rotatable bonds is 6. The van der Waals surface area contributed by atoms with E-state index in [9.17, 15) is 0 Å². The fourth-order valence-electron chi connectivity index (χ4n) is 0.941. The van der Waals surface area contributed by atoms with Crippen LogP contribution in [0.5, 0.6) is 0 Å². The van der Waals surface area contributed by atoms with Crippen molar-refractivity contribution in [3.8, 4) is 0 Å². The molecule has 4 heteroatoms. The topological polar surface area (TPSA) is 72.5 Å². The van der Waals surface area contributed by atoms with Crippen LogP contribution in [-0.4, -0.2) is 49.6 Å². The summed E-state index contributed by atoms with van der Waals surface area (Å²) in [6, 6.07) is 0. The molecule has 0 rings (SSSR count). The highest BCUT2D eigenvalue weighted by Gasteiger charge is 2.04. The summed E-state index contributed by atoms with van der Waals surface area (Å²) in [5.41, 5.74) is 3.71. The minimum atomic E-state index is 0.190. The zero-order chi connectivity index (χ0) is 7.82. The first-order chi connectivity index (χ1) is 4.85. The van der Waals surface area contributed by atoms with E-state index in [0.29, 0.717) is 0 Å².